The van der Waals surface area contributed by atoms with E-state index < -0.39 is 4.92 Å². The molecule has 1 aromatic carbocycles. The zero-order valence-electron chi connectivity index (χ0n) is 12.2. The van der Waals surface area contributed by atoms with E-state index in [9.17, 15) is 10.1 Å². The van der Waals surface area contributed by atoms with Gasteiger partial charge in [-0.2, -0.15) is 0 Å². The van der Waals surface area contributed by atoms with Crippen LogP contribution in [0.2, 0.25) is 0 Å². The van der Waals surface area contributed by atoms with Crippen molar-refractivity contribution in [1.82, 2.24) is 0 Å². The van der Waals surface area contributed by atoms with Gasteiger partial charge < -0.3 is 10.5 Å². The standard InChI is InChI=1S/C14H20BrN3O3/c1-14(2,13(16)17)7-3-4-8-21-12-6-5-10(15)9-11(12)18(19)20/h5-6,9H,3-4,7-8H2,1-2H3,(H3,16,17). The van der Waals surface area contributed by atoms with Crippen LogP contribution in [0.25, 0.3) is 0 Å². The van der Waals surface area contributed by atoms with Crippen molar-refractivity contribution in [3.8, 4) is 5.75 Å². The molecule has 0 radical (unpaired) electrons. The topological polar surface area (TPSA) is 102 Å². The lowest BCUT2D eigenvalue weighted by Gasteiger charge is -2.22. The van der Waals surface area contributed by atoms with Gasteiger partial charge in [-0.3, -0.25) is 15.5 Å². The molecule has 1 rings (SSSR count). The summed E-state index contributed by atoms with van der Waals surface area (Å²) in [5, 5.41) is 18.4. The van der Waals surface area contributed by atoms with Crippen LogP contribution >= 0.6 is 15.9 Å². The normalized spacial score (nSPS) is 11.2. The minimum Gasteiger partial charge on any atom is -0.487 e. The number of nitrogens with two attached hydrogens (primary N) is 1. The number of nitrogens with one attached hydrogen (secondary N) is 1. The van der Waals surface area contributed by atoms with Gasteiger partial charge in [-0.15, -0.1) is 0 Å². The molecule has 0 aliphatic rings. The smallest absolute Gasteiger partial charge is 0.312 e. The third-order valence-electron chi connectivity index (χ3n) is 3.30. The van der Waals surface area contributed by atoms with Gasteiger partial charge in [-0.05, 0) is 31.4 Å². The third-order valence-corrected chi connectivity index (χ3v) is 3.79. The molecule has 0 spiro atoms. The van der Waals surface area contributed by atoms with Crippen molar-refractivity contribution >= 4 is 27.5 Å². The fraction of sp³-hybridized carbons (Fsp3) is 0.500. The Bertz CT molecular complexity index is 532. The summed E-state index contributed by atoms with van der Waals surface area (Å²) in [6.45, 7) is 4.25. The van der Waals surface area contributed by atoms with Crippen molar-refractivity contribution in [3.05, 3.63) is 32.8 Å². The summed E-state index contributed by atoms with van der Waals surface area (Å²) >= 11 is 3.20. The first-order chi connectivity index (χ1) is 9.74. The predicted molar refractivity (Wildman–Crippen MR) is 85.8 cm³/mol. The summed E-state index contributed by atoms with van der Waals surface area (Å²) in [4.78, 5) is 10.5. The Kier molecular flexibility index (Phi) is 6.14. The van der Waals surface area contributed by atoms with Crippen LogP contribution in [0.4, 0.5) is 5.69 Å². The summed E-state index contributed by atoms with van der Waals surface area (Å²) < 4.78 is 6.12. The summed E-state index contributed by atoms with van der Waals surface area (Å²) in [6, 6.07) is 4.72. The number of benzene rings is 1. The first-order valence-electron chi connectivity index (χ1n) is 6.65. The molecule has 0 aromatic heterocycles. The summed E-state index contributed by atoms with van der Waals surface area (Å²) in [5.41, 5.74) is 5.15. The van der Waals surface area contributed by atoms with E-state index in [4.69, 9.17) is 15.9 Å². The third kappa shape index (κ3) is 5.34. The average Bonchev–Trinajstić information content (AvgIpc) is 2.39. The Balaban J connectivity index is 2.47. The van der Waals surface area contributed by atoms with Gasteiger partial charge in [0.2, 0.25) is 0 Å². The molecule has 0 aliphatic heterocycles. The van der Waals surface area contributed by atoms with Crippen molar-refractivity contribution < 1.29 is 9.66 Å². The van der Waals surface area contributed by atoms with Gasteiger partial charge in [0.15, 0.2) is 5.75 Å². The molecule has 0 amide bonds. The molecule has 0 saturated carbocycles. The predicted octanol–water partition coefficient (Wildman–Crippen LogP) is 3.87. The highest BCUT2D eigenvalue weighted by molar-refractivity contribution is 9.10. The number of unbranched alkanes of at least 4 members (excludes halogenated alkanes) is 1. The van der Waals surface area contributed by atoms with Crippen LogP contribution in [-0.2, 0) is 0 Å². The molecule has 6 nitrogen and oxygen atoms in total. The molecule has 0 saturated heterocycles. The lowest BCUT2D eigenvalue weighted by molar-refractivity contribution is -0.385. The second-order valence-electron chi connectivity index (χ2n) is 5.47. The summed E-state index contributed by atoms with van der Waals surface area (Å²) in [6.07, 6.45) is 2.38. The van der Waals surface area contributed by atoms with Gasteiger partial charge in [0.25, 0.3) is 0 Å². The quantitative estimate of drug-likeness (QED) is 0.242. The molecule has 0 unspecified atom stereocenters. The van der Waals surface area contributed by atoms with Crippen LogP contribution in [0.5, 0.6) is 5.75 Å². The van der Waals surface area contributed by atoms with Gasteiger partial charge >= 0.3 is 5.69 Å². The minimum atomic E-state index is -0.459. The van der Waals surface area contributed by atoms with Gasteiger partial charge in [0.05, 0.1) is 17.4 Å². The first-order valence-corrected chi connectivity index (χ1v) is 7.44. The van der Waals surface area contributed by atoms with Gasteiger partial charge in [0, 0.05) is 16.0 Å². The molecular weight excluding hydrogens is 338 g/mol. The van der Waals surface area contributed by atoms with Crippen LogP contribution in [-0.4, -0.2) is 17.4 Å². The number of nitro benzene ring substituents is 1. The SMILES string of the molecule is CC(C)(CCCCOc1ccc(Br)cc1[N+](=O)[O-])C(=N)N. The van der Waals surface area contributed by atoms with E-state index in [1.54, 1.807) is 12.1 Å². The molecule has 3 N–H and O–H groups in total. The second-order valence-corrected chi connectivity index (χ2v) is 6.39. The highest BCUT2D eigenvalue weighted by Crippen LogP contribution is 2.30. The average molecular weight is 358 g/mol. The van der Waals surface area contributed by atoms with E-state index in [2.05, 4.69) is 15.9 Å². The molecule has 116 valence electrons. The Hall–Kier alpha value is -1.63. The van der Waals surface area contributed by atoms with Gasteiger partial charge in [0.1, 0.15) is 0 Å². The summed E-state index contributed by atoms with van der Waals surface area (Å²) in [7, 11) is 0. The molecule has 1 aromatic rings. The van der Waals surface area contributed by atoms with E-state index in [0.29, 0.717) is 11.1 Å². The molecule has 0 aliphatic carbocycles. The van der Waals surface area contributed by atoms with Gasteiger partial charge in [-0.1, -0.05) is 29.8 Å². The number of hydrogen-bond donors (Lipinski definition) is 2. The van der Waals surface area contributed by atoms with Crippen LogP contribution in [0.15, 0.2) is 22.7 Å². The minimum absolute atomic E-state index is 0.0477. The van der Waals surface area contributed by atoms with E-state index in [1.165, 1.54) is 6.07 Å². The van der Waals surface area contributed by atoms with Crippen LogP contribution < -0.4 is 10.5 Å². The molecule has 0 heterocycles. The lowest BCUT2D eigenvalue weighted by atomic mass is 9.86. The zero-order valence-corrected chi connectivity index (χ0v) is 13.8. The molecule has 0 fully saturated rings. The van der Waals surface area contributed by atoms with Crippen LogP contribution in [0, 0.1) is 20.9 Å². The van der Waals surface area contributed by atoms with Crippen molar-refractivity contribution in [1.29, 1.82) is 5.41 Å². The number of amidine groups is 1. The highest BCUT2D eigenvalue weighted by Gasteiger charge is 2.21. The van der Waals surface area contributed by atoms with Crippen LogP contribution in [0.1, 0.15) is 33.1 Å². The van der Waals surface area contributed by atoms with Crippen molar-refractivity contribution in [2.45, 2.75) is 33.1 Å². The lowest BCUT2D eigenvalue weighted by Crippen LogP contribution is -2.30. The fourth-order valence-corrected chi connectivity index (χ4v) is 2.09. The second kappa shape index (κ2) is 7.40. The summed E-state index contributed by atoms with van der Waals surface area (Å²) in [5.74, 6) is 0.445. The Morgan fingerprint density at radius 2 is 2.14 bits per heavy atom. The Morgan fingerprint density at radius 3 is 2.71 bits per heavy atom. The molecule has 0 atom stereocenters. The van der Waals surface area contributed by atoms with Crippen LogP contribution in [0.3, 0.4) is 0 Å². The number of halogens is 1. The maximum absolute atomic E-state index is 10.9. The van der Waals surface area contributed by atoms with E-state index in [-0.39, 0.29) is 22.7 Å². The number of nitrogens with zero attached hydrogens (tertiary/aromatic N) is 1. The van der Waals surface area contributed by atoms with Gasteiger partial charge in [-0.25, -0.2) is 0 Å². The molecule has 0 bridgehead atoms. The number of hydrogen-bond acceptors (Lipinski definition) is 4. The number of rotatable bonds is 8. The Labute approximate surface area is 132 Å². The first kappa shape index (κ1) is 17.4. The highest BCUT2D eigenvalue weighted by atomic mass is 79.9. The van der Waals surface area contributed by atoms with E-state index in [1.807, 2.05) is 13.8 Å². The monoisotopic (exact) mass is 357 g/mol. The number of ether oxygens (including phenoxy) is 1. The molecule has 7 heteroatoms. The molecule has 21 heavy (non-hydrogen) atoms. The fourth-order valence-electron chi connectivity index (χ4n) is 1.74. The van der Waals surface area contributed by atoms with Crippen molar-refractivity contribution in [2.24, 2.45) is 11.1 Å². The van der Waals surface area contributed by atoms with E-state index in [0.717, 1.165) is 19.3 Å². The molecular formula is C14H20BrN3O3. The van der Waals surface area contributed by atoms with E-state index >= 15 is 0 Å². The largest absolute Gasteiger partial charge is 0.487 e. The number of nitro groups is 1. The Morgan fingerprint density at radius 1 is 1.48 bits per heavy atom. The zero-order chi connectivity index (χ0) is 16.0. The van der Waals surface area contributed by atoms with Crippen molar-refractivity contribution in [3.63, 3.8) is 0 Å². The maximum atomic E-state index is 10.9. The van der Waals surface area contributed by atoms with Crippen molar-refractivity contribution in [2.75, 3.05) is 6.61 Å². The maximum Gasteiger partial charge on any atom is 0.312 e.